The fraction of sp³-hybridized carbons (Fsp3) is 0.517. The van der Waals surface area contributed by atoms with E-state index in [0.29, 0.717) is 8.45 Å². The first-order valence-electron chi connectivity index (χ1n) is 23.8. The quantitative estimate of drug-likeness (QED) is 0.169. The van der Waals surface area contributed by atoms with Crippen LogP contribution in [0.3, 0.4) is 0 Å². The van der Waals surface area contributed by atoms with Crippen LogP contribution in [0.1, 0.15) is 187 Å². The van der Waals surface area contributed by atoms with Gasteiger partial charge in [-0.1, -0.05) is 0 Å². The molecular weight excluding hydrogens is 815 g/mol. The Balaban J connectivity index is 0.00000281. The van der Waals surface area contributed by atoms with Gasteiger partial charge in [0.15, 0.2) is 0 Å². The number of hydrogen-bond acceptors (Lipinski definition) is 0. The van der Waals surface area contributed by atoms with Crippen molar-refractivity contribution in [2.24, 2.45) is 11.8 Å². The standard InChI is InChI=1S/2C28H35.C2H4.2ClH.Ti/c2*1-27(2,3)23-15-22(16-24(18-23)28(4,5)6)25-13-9-12-20-14-21(17-26(20)25)19-10-7-8-11-19;1-2;;;/h2*9,12-19H,7-8,10-11H2,1-6H3;1-2H2;2*1H;/q;;;;;+2/p-2. The summed E-state index contributed by atoms with van der Waals surface area (Å²) in [6.07, 6.45) is 16.7. The number of benzene rings is 4. The maximum atomic E-state index is 2.81. The minimum atomic E-state index is -2.64. The number of hydrogen-bond donors (Lipinski definition) is 0. The Morgan fingerprint density at radius 1 is 0.426 bits per heavy atom. The van der Waals surface area contributed by atoms with Crippen LogP contribution in [0.15, 0.2) is 83.9 Å². The van der Waals surface area contributed by atoms with Crippen molar-refractivity contribution >= 4 is 12.2 Å². The normalized spacial score (nSPS) is 20.9. The summed E-state index contributed by atoms with van der Waals surface area (Å²) in [6.45, 7) is 28.6. The Hall–Kier alpha value is -2.35. The van der Waals surface area contributed by atoms with E-state index in [1.165, 1.54) is 105 Å². The van der Waals surface area contributed by atoms with Gasteiger partial charge in [0.1, 0.15) is 0 Å². The molecule has 1 saturated heterocycles. The molecule has 2 saturated carbocycles. The topological polar surface area (TPSA) is 0 Å². The second kappa shape index (κ2) is 16.6. The van der Waals surface area contributed by atoms with Crippen LogP contribution in [-0.2, 0) is 38.2 Å². The minimum absolute atomic E-state index is 0. The van der Waals surface area contributed by atoms with E-state index in [1.807, 2.05) is 11.1 Å². The van der Waals surface area contributed by atoms with Gasteiger partial charge in [-0.3, -0.25) is 0 Å². The summed E-state index contributed by atoms with van der Waals surface area (Å²) < 4.78 is 4.36. The first kappa shape index (κ1) is 46.6. The van der Waals surface area contributed by atoms with Crippen molar-refractivity contribution in [3.63, 3.8) is 0 Å². The molecule has 0 N–H and O–H groups in total. The summed E-state index contributed by atoms with van der Waals surface area (Å²) in [4.78, 5) is 0. The molecule has 4 aliphatic carbocycles. The Morgan fingerprint density at radius 3 is 1.02 bits per heavy atom. The Bertz CT molecular complexity index is 2120. The van der Waals surface area contributed by atoms with E-state index in [9.17, 15) is 0 Å². The third-order valence-electron chi connectivity index (χ3n) is 15.8. The molecule has 3 heteroatoms. The number of fused-ring (bicyclic) bond motifs is 2. The maximum Gasteiger partial charge on any atom is -1.00 e. The van der Waals surface area contributed by atoms with Gasteiger partial charge >= 0.3 is 365 Å². The second-order valence-electron chi connectivity index (χ2n) is 24.1. The minimum Gasteiger partial charge on any atom is -1.00 e. The summed E-state index contributed by atoms with van der Waals surface area (Å²) in [6, 6.07) is 30.3. The molecule has 2 atom stereocenters. The van der Waals surface area contributed by atoms with Crippen molar-refractivity contribution in [3.05, 3.63) is 128 Å². The molecular formula is C58H74Cl2Ti. The van der Waals surface area contributed by atoms with Gasteiger partial charge in [0.25, 0.3) is 0 Å². The third kappa shape index (κ3) is 8.53. The molecule has 0 amide bonds. The Morgan fingerprint density at radius 2 is 0.738 bits per heavy atom. The van der Waals surface area contributed by atoms with E-state index in [-0.39, 0.29) is 46.5 Å². The van der Waals surface area contributed by atoms with Crippen LogP contribution in [0.25, 0.3) is 34.4 Å². The smallest absolute Gasteiger partial charge is 1.00 e. The van der Waals surface area contributed by atoms with E-state index in [0.717, 1.165) is 11.8 Å². The largest absolute Gasteiger partial charge is 1.00 e. The summed E-state index contributed by atoms with van der Waals surface area (Å²) in [5.41, 5.74) is 22.3. The van der Waals surface area contributed by atoms with E-state index < -0.39 is 16.6 Å². The first-order chi connectivity index (χ1) is 27.7. The fourth-order valence-corrected chi connectivity index (χ4v) is 22.5. The first-order valence-corrected chi connectivity index (χ1v) is 27.8. The van der Waals surface area contributed by atoms with Crippen molar-refractivity contribution < 1.29 is 41.4 Å². The van der Waals surface area contributed by atoms with Crippen LogP contribution in [0, 0.1) is 11.8 Å². The predicted octanol–water partition coefficient (Wildman–Crippen LogP) is 11.2. The van der Waals surface area contributed by atoms with Crippen molar-refractivity contribution in [2.45, 2.75) is 174 Å². The zero-order chi connectivity index (χ0) is 41.9. The Labute approximate surface area is 387 Å². The summed E-state index contributed by atoms with van der Waals surface area (Å²) in [7, 11) is 0. The molecule has 61 heavy (non-hydrogen) atoms. The number of halogens is 2. The van der Waals surface area contributed by atoms with Crippen molar-refractivity contribution in [2.75, 3.05) is 0 Å². The molecule has 0 bridgehead atoms. The van der Waals surface area contributed by atoms with E-state index >= 15 is 0 Å². The van der Waals surface area contributed by atoms with Gasteiger partial charge < -0.3 is 24.8 Å². The molecule has 324 valence electrons. The molecule has 3 fully saturated rings. The SMILES string of the molecule is CC(C)(C)c1cc(-c2cccc3c2C=C(C2CCCC2)[CH]3[Ti+2]2([CH]3C(C4CCCC4)=Cc4c(-c5cc(C(C)(C)C)cc(C(C)(C)C)c5)cccc43)[CH2][CH2]2)cc(C(C)(C)C)c1.[Cl-].[Cl-]. The van der Waals surface area contributed by atoms with Crippen LogP contribution in [0.5, 0.6) is 0 Å². The van der Waals surface area contributed by atoms with Crippen molar-refractivity contribution in [1.29, 1.82) is 0 Å². The van der Waals surface area contributed by atoms with Gasteiger partial charge in [-0.05, 0) is 0 Å². The van der Waals surface area contributed by atoms with Crippen LogP contribution in [-0.4, -0.2) is 0 Å². The molecule has 5 aliphatic rings. The average Bonchev–Trinajstić information content (AvgIpc) is 3.70. The molecule has 0 aromatic heterocycles. The molecule has 1 heterocycles. The second-order valence-corrected chi connectivity index (χ2v) is 31.3. The number of allylic oxidation sites excluding steroid dienone is 2. The monoisotopic (exact) mass is 888 g/mol. The molecule has 0 spiro atoms. The number of rotatable bonds is 6. The molecule has 2 unspecified atom stereocenters. The van der Waals surface area contributed by atoms with Gasteiger partial charge in [0.05, 0.1) is 0 Å². The molecule has 4 aromatic rings. The maximum absolute atomic E-state index is 2.81. The van der Waals surface area contributed by atoms with E-state index in [4.69, 9.17) is 0 Å². The molecule has 0 radical (unpaired) electrons. The van der Waals surface area contributed by atoms with E-state index in [2.05, 4.69) is 168 Å². The zero-order valence-electron chi connectivity index (χ0n) is 39.7. The van der Waals surface area contributed by atoms with Crippen molar-refractivity contribution in [3.8, 4) is 22.3 Å². The van der Waals surface area contributed by atoms with Crippen LogP contribution >= 0.6 is 0 Å². The van der Waals surface area contributed by atoms with Gasteiger partial charge in [-0.15, -0.1) is 0 Å². The molecule has 1 aliphatic heterocycles. The van der Waals surface area contributed by atoms with Gasteiger partial charge in [0.2, 0.25) is 0 Å². The van der Waals surface area contributed by atoms with Gasteiger partial charge in [0, 0.05) is 0 Å². The van der Waals surface area contributed by atoms with Gasteiger partial charge in [-0.25, -0.2) is 0 Å². The van der Waals surface area contributed by atoms with Crippen LogP contribution in [0.2, 0.25) is 9.45 Å². The predicted molar refractivity (Wildman–Crippen MR) is 254 cm³/mol. The van der Waals surface area contributed by atoms with Gasteiger partial charge in [-0.2, -0.15) is 0 Å². The molecule has 9 rings (SSSR count). The van der Waals surface area contributed by atoms with Crippen molar-refractivity contribution in [1.82, 2.24) is 0 Å². The summed E-state index contributed by atoms with van der Waals surface area (Å²) >= 11 is -2.64. The average molecular weight is 890 g/mol. The zero-order valence-corrected chi connectivity index (χ0v) is 42.8. The molecule has 0 nitrogen and oxygen atoms in total. The molecule has 4 aromatic carbocycles. The van der Waals surface area contributed by atoms with E-state index in [1.54, 1.807) is 22.3 Å². The van der Waals surface area contributed by atoms with Crippen LogP contribution < -0.4 is 24.8 Å². The third-order valence-corrected chi connectivity index (χ3v) is 24.0. The Kier molecular flexibility index (Phi) is 12.7. The summed E-state index contributed by atoms with van der Waals surface area (Å²) in [5, 5.41) is 0. The fourth-order valence-electron chi connectivity index (χ4n) is 12.0. The van der Waals surface area contributed by atoms with Crippen LogP contribution in [0.4, 0.5) is 0 Å². The summed E-state index contributed by atoms with van der Waals surface area (Å²) in [5.74, 6) is 1.49.